The lowest BCUT2D eigenvalue weighted by Crippen LogP contribution is -2.44. The third-order valence-electron chi connectivity index (χ3n) is 4.32. The van der Waals surface area contributed by atoms with Crippen molar-refractivity contribution in [3.05, 3.63) is 29.6 Å². The van der Waals surface area contributed by atoms with Gasteiger partial charge < -0.3 is 10.6 Å². The molecule has 6 nitrogen and oxygen atoms in total. The van der Waals surface area contributed by atoms with E-state index in [0.717, 1.165) is 11.3 Å². The number of aryl methyl sites for hydroxylation is 1. The molecule has 4 amide bonds. The fourth-order valence-corrected chi connectivity index (χ4v) is 2.65. The van der Waals surface area contributed by atoms with Crippen molar-refractivity contribution in [1.82, 2.24) is 10.2 Å². The molecule has 1 saturated heterocycles. The summed E-state index contributed by atoms with van der Waals surface area (Å²) in [7, 11) is 0. The molecular formula is C18H24FN3O3. The molecule has 0 radical (unpaired) electrons. The molecular weight excluding hydrogens is 325 g/mol. The number of nitrogens with zero attached hydrogens (tertiary/aromatic N) is 1. The summed E-state index contributed by atoms with van der Waals surface area (Å²) in [5.41, 5.74) is -0.242. The maximum absolute atomic E-state index is 13.5. The number of imide groups is 1. The van der Waals surface area contributed by atoms with E-state index in [1.807, 2.05) is 13.8 Å². The molecule has 1 aromatic rings. The number of urea groups is 1. The van der Waals surface area contributed by atoms with Gasteiger partial charge in [0.2, 0.25) is 5.91 Å². The summed E-state index contributed by atoms with van der Waals surface area (Å²) >= 11 is 0. The molecule has 1 atom stereocenters. The van der Waals surface area contributed by atoms with E-state index in [1.54, 1.807) is 26.0 Å². The first kappa shape index (κ1) is 18.9. The van der Waals surface area contributed by atoms with Crippen LogP contribution in [0.15, 0.2) is 18.2 Å². The van der Waals surface area contributed by atoms with Gasteiger partial charge in [-0.15, -0.1) is 0 Å². The number of hydrogen-bond donors (Lipinski definition) is 2. The first-order chi connectivity index (χ1) is 11.6. The van der Waals surface area contributed by atoms with Crippen LogP contribution >= 0.6 is 0 Å². The zero-order valence-electron chi connectivity index (χ0n) is 15.0. The van der Waals surface area contributed by atoms with Crippen LogP contribution in [0.1, 0.15) is 39.2 Å². The lowest BCUT2D eigenvalue weighted by molar-refractivity contribution is -0.133. The van der Waals surface area contributed by atoms with E-state index in [4.69, 9.17) is 0 Å². The van der Waals surface area contributed by atoms with Crippen LogP contribution in [0.2, 0.25) is 0 Å². The summed E-state index contributed by atoms with van der Waals surface area (Å²) in [5, 5.41) is 5.17. The number of carbonyl (C=O) groups is 3. The number of amides is 4. The van der Waals surface area contributed by atoms with Crippen LogP contribution in [0.5, 0.6) is 0 Å². The quantitative estimate of drug-likeness (QED) is 0.775. The zero-order chi connectivity index (χ0) is 18.8. The van der Waals surface area contributed by atoms with Crippen molar-refractivity contribution < 1.29 is 18.8 Å². The third kappa shape index (κ3) is 4.35. The Morgan fingerprint density at radius 3 is 2.64 bits per heavy atom. The van der Waals surface area contributed by atoms with Crippen LogP contribution in [-0.2, 0) is 9.59 Å². The second-order valence-corrected chi connectivity index (χ2v) is 7.10. The van der Waals surface area contributed by atoms with Crippen LogP contribution in [0.25, 0.3) is 0 Å². The van der Waals surface area contributed by atoms with E-state index in [2.05, 4.69) is 10.6 Å². The molecule has 136 valence electrons. The summed E-state index contributed by atoms with van der Waals surface area (Å²) < 4.78 is 13.5. The highest BCUT2D eigenvalue weighted by molar-refractivity contribution is 6.09. The predicted molar refractivity (Wildman–Crippen MR) is 92.5 cm³/mol. The number of anilines is 1. The molecule has 1 aliphatic rings. The minimum Gasteiger partial charge on any atom is -0.324 e. The predicted octanol–water partition coefficient (Wildman–Crippen LogP) is 2.82. The third-order valence-corrected chi connectivity index (χ3v) is 4.32. The Morgan fingerprint density at radius 2 is 2.04 bits per heavy atom. The Bertz CT molecular complexity index is 705. The van der Waals surface area contributed by atoms with Crippen molar-refractivity contribution in [2.45, 2.75) is 46.1 Å². The first-order valence-corrected chi connectivity index (χ1v) is 8.32. The number of halogens is 1. The minimum absolute atomic E-state index is 0.280. The Balaban J connectivity index is 2.01. The van der Waals surface area contributed by atoms with Crippen LogP contribution < -0.4 is 10.6 Å². The van der Waals surface area contributed by atoms with E-state index in [-0.39, 0.29) is 5.69 Å². The number of rotatable bonds is 6. The van der Waals surface area contributed by atoms with E-state index in [0.29, 0.717) is 17.9 Å². The van der Waals surface area contributed by atoms with Gasteiger partial charge in [0, 0.05) is 5.69 Å². The Kier molecular flexibility index (Phi) is 5.45. The highest BCUT2D eigenvalue weighted by Gasteiger charge is 2.47. The van der Waals surface area contributed by atoms with Gasteiger partial charge in [-0.25, -0.2) is 9.18 Å². The molecule has 25 heavy (non-hydrogen) atoms. The molecule has 0 saturated carbocycles. The standard InChI is InChI=1S/C18H24FN3O3/c1-11(2)7-8-18(4)16(24)22(17(25)21-18)10-15(23)20-13-6-5-12(3)14(19)9-13/h5-6,9,11H,7-8,10H2,1-4H3,(H,20,23)(H,21,25)/t18-/m0/s1. The van der Waals surface area contributed by atoms with Gasteiger partial charge in [-0.3, -0.25) is 14.5 Å². The molecule has 0 aliphatic carbocycles. The maximum atomic E-state index is 13.5. The van der Waals surface area contributed by atoms with Crippen molar-refractivity contribution in [3.8, 4) is 0 Å². The molecule has 0 aromatic heterocycles. The maximum Gasteiger partial charge on any atom is 0.325 e. The number of carbonyl (C=O) groups excluding carboxylic acids is 3. The van der Waals surface area contributed by atoms with Crippen LogP contribution in [0, 0.1) is 18.7 Å². The van der Waals surface area contributed by atoms with Crippen LogP contribution in [0.3, 0.4) is 0 Å². The van der Waals surface area contributed by atoms with E-state index in [1.165, 1.54) is 6.07 Å². The van der Waals surface area contributed by atoms with Crippen molar-refractivity contribution >= 4 is 23.5 Å². The highest BCUT2D eigenvalue weighted by atomic mass is 19.1. The van der Waals surface area contributed by atoms with Gasteiger partial charge in [0.25, 0.3) is 5.91 Å². The lowest BCUT2D eigenvalue weighted by atomic mass is 9.92. The average molecular weight is 349 g/mol. The van der Waals surface area contributed by atoms with E-state index < -0.39 is 35.7 Å². The first-order valence-electron chi connectivity index (χ1n) is 8.32. The fourth-order valence-electron chi connectivity index (χ4n) is 2.65. The zero-order valence-corrected chi connectivity index (χ0v) is 15.0. The molecule has 1 aromatic carbocycles. The van der Waals surface area contributed by atoms with Gasteiger partial charge in [0.15, 0.2) is 0 Å². The number of hydrogen-bond acceptors (Lipinski definition) is 3. The SMILES string of the molecule is Cc1ccc(NC(=O)CN2C(=O)N[C@@](C)(CCC(C)C)C2=O)cc1F. The smallest absolute Gasteiger partial charge is 0.324 e. The Hall–Kier alpha value is -2.44. The van der Waals surface area contributed by atoms with Crippen molar-refractivity contribution in [2.24, 2.45) is 5.92 Å². The van der Waals surface area contributed by atoms with Gasteiger partial charge >= 0.3 is 6.03 Å². The Labute approximate surface area is 146 Å². The normalized spacial score (nSPS) is 20.2. The summed E-state index contributed by atoms with van der Waals surface area (Å²) in [4.78, 5) is 37.7. The largest absolute Gasteiger partial charge is 0.325 e. The van der Waals surface area contributed by atoms with Gasteiger partial charge in [-0.05, 0) is 50.3 Å². The molecule has 0 bridgehead atoms. The van der Waals surface area contributed by atoms with Gasteiger partial charge in [-0.1, -0.05) is 19.9 Å². The van der Waals surface area contributed by atoms with E-state index in [9.17, 15) is 18.8 Å². The topological polar surface area (TPSA) is 78.5 Å². The highest BCUT2D eigenvalue weighted by Crippen LogP contribution is 2.24. The Morgan fingerprint density at radius 1 is 1.36 bits per heavy atom. The second kappa shape index (κ2) is 7.21. The molecule has 1 heterocycles. The van der Waals surface area contributed by atoms with Crippen LogP contribution in [-0.4, -0.2) is 34.8 Å². The summed E-state index contributed by atoms with van der Waals surface area (Å²) in [6.45, 7) is 6.96. The molecule has 2 rings (SSSR count). The summed E-state index contributed by atoms with van der Waals surface area (Å²) in [5.74, 6) is -1.01. The minimum atomic E-state index is -0.988. The lowest BCUT2D eigenvalue weighted by Gasteiger charge is -2.22. The molecule has 2 N–H and O–H groups in total. The number of benzene rings is 1. The summed E-state index contributed by atoms with van der Waals surface area (Å²) in [6, 6.07) is 3.73. The fraction of sp³-hybridized carbons (Fsp3) is 0.500. The van der Waals surface area contributed by atoms with Crippen LogP contribution in [0.4, 0.5) is 14.9 Å². The summed E-state index contributed by atoms with van der Waals surface area (Å²) in [6.07, 6.45) is 1.29. The van der Waals surface area contributed by atoms with Crippen molar-refractivity contribution in [3.63, 3.8) is 0 Å². The molecule has 0 spiro atoms. The van der Waals surface area contributed by atoms with Crippen molar-refractivity contribution in [2.75, 3.05) is 11.9 Å². The molecule has 7 heteroatoms. The van der Waals surface area contributed by atoms with Gasteiger partial charge in [0.05, 0.1) is 0 Å². The van der Waals surface area contributed by atoms with Gasteiger partial charge in [0.1, 0.15) is 17.9 Å². The second-order valence-electron chi connectivity index (χ2n) is 7.10. The molecule has 0 unspecified atom stereocenters. The monoisotopic (exact) mass is 349 g/mol. The molecule has 1 aliphatic heterocycles. The van der Waals surface area contributed by atoms with Crippen molar-refractivity contribution in [1.29, 1.82) is 0 Å². The van der Waals surface area contributed by atoms with E-state index >= 15 is 0 Å². The van der Waals surface area contributed by atoms with Gasteiger partial charge in [-0.2, -0.15) is 0 Å². The molecule has 1 fully saturated rings. The number of nitrogens with one attached hydrogen (secondary N) is 2. The average Bonchev–Trinajstić information content (AvgIpc) is 2.73.